The van der Waals surface area contributed by atoms with Crippen molar-refractivity contribution in [2.24, 2.45) is 7.05 Å². The van der Waals surface area contributed by atoms with Gasteiger partial charge in [0, 0.05) is 18.3 Å². The van der Waals surface area contributed by atoms with E-state index < -0.39 is 17.8 Å². The minimum atomic E-state index is -0.887. The maximum atomic E-state index is 12.4. The third kappa shape index (κ3) is 2.51. The molecule has 0 atom stereocenters. The molecular weight excluding hydrogens is 350 g/mol. The van der Waals surface area contributed by atoms with Crippen LogP contribution in [-0.2, 0) is 11.9 Å². The van der Waals surface area contributed by atoms with Gasteiger partial charge in [-0.2, -0.15) is 10.2 Å². The molecule has 0 spiro atoms. The highest BCUT2D eigenvalue weighted by molar-refractivity contribution is 6.21. The second kappa shape index (κ2) is 5.90. The Morgan fingerprint density at radius 2 is 1.74 bits per heavy atom. The number of aromatic nitrogens is 4. The number of benzene rings is 1. The minimum Gasteiger partial charge on any atom is -0.323 e. The Morgan fingerprint density at radius 1 is 1.11 bits per heavy atom. The molecule has 0 radical (unpaired) electrons. The van der Waals surface area contributed by atoms with Gasteiger partial charge in [0.1, 0.15) is 5.69 Å². The maximum Gasteiger partial charge on any atom is 0.381 e. The number of hydrogen-bond donors (Lipinski definition) is 1. The zero-order valence-electron chi connectivity index (χ0n) is 14.8. The Hall–Kier alpha value is -3.75. The van der Waals surface area contributed by atoms with E-state index in [2.05, 4.69) is 15.3 Å². The van der Waals surface area contributed by atoms with E-state index in [1.165, 1.54) is 18.2 Å². The number of aryl methyl sites for hydroxylation is 2. The van der Waals surface area contributed by atoms with E-state index in [1.54, 1.807) is 16.8 Å². The number of carbonyl (C=O) groups excluding carboxylic acids is 3. The van der Waals surface area contributed by atoms with Crippen molar-refractivity contribution in [1.82, 2.24) is 25.0 Å². The standard InChI is InChI=1S/C18H15N5O4/c1-9-15(10(2)22(3)21-9)13-8-14(20-19-13)18(26)27-23-16(24)11-6-4-5-7-12(11)17(23)25/h4-8H,1-3H3,(H,19,20). The summed E-state index contributed by atoms with van der Waals surface area (Å²) >= 11 is 0. The molecule has 0 saturated carbocycles. The van der Waals surface area contributed by atoms with Gasteiger partial charge in [0.05, 0.1) is 22.5 Å². The smallest absolute Gasteiger partial charge is 0.323 e. The predicted molar refractivity (Wildman–Crippen MR) is 92.6 cm³/mol. The van der Waals surface area contributed by atoms with Crippen LogP contribution in [0.3, 0.4) is 0 Å². The molecule has 0 aliphatic carbocycles. The summed E-state index contributed by atoms with van der Waals surface area (Å²) in [6.07, 6.45) is 0. The van der Waals surface area contributed by atoms with E-state index in [4.69, 9.17) is 4.84 Å². The highest BCUT2D eigenvalue weighted by Crippen LogP contribution is 2.26. The van der Waals surface area contributed by atoms with E-state index in [0.717, 1.165) is 17.0 Å². The second-order valence-electron chi connectivity index (χ2n) is 6.17. The number of hydroxylamine groups is 2. The summed E-state index contributed by atoms with van der Waals surface area (Å²) in [5, 5.41) is 11.5. The summed E-state index contributed by atoms with van der Waals surface area (Å²) in [4.78, 5) is 42.0. The fourth-order valence-corrected chi connectivity index (χ4v) is 3.08. The van der Waals surface area contributed by atoms with Crippen LogP contribution in [0.5, 0.6) is 0 Å². The largest absolute Gasteiger partial charge is 0.381 e. The molecule has 1 aliphatic rings. The van der Waals surface area contributed by atoms with Gasteiger partial charge in [-0.3, -0.25) is 19.4 Å². The summed E-state index contributed by atoms with van der Waals surface area (Å²) in [5.41, 5.74) is 3.38. The summed E-state index contributed by atoms with van der Waals surface area (Å²) in [6.45, 7) is 3.73. The van der Waals surface area contributed by atoms with Gasteiger partial charge in [-0.1, -0.05) is 17.2 Å². The van der Waals surface area contributed by atoms with Crippen LogP contribution in [-0.4, -0.2) is 42.8 Å². The molecule has 0 saturated heterocycles. The van der Waals surface area contributed by atoms with Crippen molar-refractivity contribution in [3.05, 3.63) is 58.5 Å². The first-order valence-electron chi connectivity index (χ1n) is 8.14. The van der Waals surface area contributed by atoms with Crippen LogP contribution in [0.15, 0.2) is 30.3 Å². The van der Waals surface area contributed by atoms with Gasteiger partial charge >= 0.3 is 5.97 Å². The molecule has 27 heavy (non-hydrogen) atoms. The normalized spacial score (nSPS) is 13.2. The highest BCUT2D eigenvalue weighted by atomic mass is 16.7. The Labute approximate surface area is 153 Å². The van der Waals surface area contributed by atoms with Crippen LogP contribution < -0.4 is 0 Å². The van der Waals surface area contributed by atoms with Crippen molar-refractivity contribution in [2.45, 2.75) is 13.8 Å². The van der Waals surface area contributed by atoms with Crippen molar-refractivity contribution < 1.29 is 19.2 Å². The number of carbonyl (C=O) groups is 3. The first kappa shape index (κ1) is 16.7. The summed E-state index contributed by atoms with van der Waals surface area (Å²) in [5.74, 6) is -2.24. The minimum absolute atomic E-state index is 0.0178. The Bertz CT molecular complexity index is 1080. The Balaban J connectivity index is 1.58. The first-order chi connectivity index (χ1) is 12.9. The van der Waals surface area contributed by atoms with Crippen molar-refractivity contribution in [3.8, 4) is 11.3 Å². The number of rotatable bonds is 3. The Morgan fingerprint density at radius 3 is 2.30 bits per heavy atom. The molecule has 4 rings (SSSR count). The van der Waals surface area contributed by atoms with Crippen LogP contribution in [0.25, 0.3) is 11.3 Å². The van der Waals surface area contributed by atoms with E-state index in [0.29, 0.717) is 10.8 Å². The van der Waals surface area contributed by atoms with Crippen LogP contribution in [0.2, 0.25) is 0 Å². The summed E-state index contributed by atoms with van der Waals surface area (Å²) in [7, 11) is 1.82. The average molecular weight is 365 g/mol. The highest BCUT2D eigenvalue weighted by Gasteiger charge is 2.39. The summed E-state index contributed by atoms with van der Waals surface area (Å²) in [6, 6.07) is 7.78. The van der Waals surface area contributed by atoms with Gasteiger partial charge in [0.15, 0.2) is 0 Å². The van der Waals surface area contributed by atoms with E-state index in [1.807, 2.05) is 20.9 Å². The molecule has 0 bridgehead atoms. The molecule has 1 aromatic carbocycles. The van der Waals surface area contributed by atoms with Crippen LogP contribution in [0.1, 0.15) is 42.6 Å². The molecule has 2 aromatic heterocycles. The third-order valence-corrected chi connectivity index (χ3v) is 4.49. The van der Waals surface area contributed by atoms with E-state index >= 15 is 0 Å². The lowest BCUT2D eigenvalue weighted by molar-refractivity contribution is -0.0588. The SMILES string of the molecule is Cc1nn(C)c(C)c1-c1cc(C(=O)ON2C(=O)c3ccccc3C2=O)[nH]n1. The molecule has 3 aromatic rings. The van der Waals surface area contributed by atoms with Crippen LogP contribution >= 0.6 is 0 Å². The number of fused-ring (bicyclic) bond motifs is 1. The molecule has 1 aliphatic heterocycles. The topological polar surface area (TPSA) is 110 Å². The molecule has 0 unspecified atom stereocenters. The van der Waals surface area contributed by atoms with Gasteiger partial charge < -0.3 is 4.84 Å². The lowest BCUT2D eigenvalue weighted by Crippen LogP contribution is -2.32. The zero-order chi connectivity index (χ0) is 19.3. The summed E-state index contributed by atoms with van der Waals surface area (Å²) < 4.78 is 1.72. The fraction of sp³-hybridized carbons (Fsp3) is 0.167. The van der Waals surface area contributed by atoms with Gasteiger partial charge in [0.25, 0.3) is 11.8 Å². The number of imide groups is 1. The van der Waals surface area contributed by atoms with Gasteiger partial charge in [-0.15, -0.1) is 0 Å². The lowest BCUT2D eigenvalue weighted by Gasteiger charge is -2.11. The second-order valence-corrected chi connectivity index (χ2v) is 6.17. The van der Waals surface area contributed by atoms with Crippen molar-refractivity contribution in [2.75, 3.05) is 0 Å². The average Bonchev–Trinajstić information content (AvgIpc) is 3.29. The van der Waals surface area contributed by atoms with Gasteiger partial charge in [-0.05, 0) is 32.0 Å². The molecule has 3 heterocycles. The van der Waals surface area contributed by atoms with Gasteiger partial charge in [0.2, 0.25) is 0 Å². The number of amides is 2. The van der Waals surface area contributed by atoms with Crippen molar-refractivity contribution >= 4 is 17.8 Å². The van der Waals surface area contributed by atoms with E-state index in [-0.39, 0.29) is 16.8 Å². The van der Waals surface area contributed by atoms with E-state index in [9.17, 15) is 14.4 Å². The van der Waals surface area contributed by atoms with Crippen molar-refractivity contribution in [3.63, 3.8) is 0 Å². The molecule has 2 amide bonds. The first-order valence-corrected chi connectivity index (χ1v) is 8.14. The Kier molecular flexibility index (Phi) is 3.65. The number of hydrogen-bond acceptors (Lipinski definition) is 6. The molecule has 0 fully saturated rings. The number of H-pyrrole nitrogens is 1. The third-order valence-electron chi connectivity index (χ3n) is 4.49. The maximum absolute atomic E-state index is 12.4. The molecule has 9 heteroatoms. The van der Waals surface area contributed by atoms with Crippen LogP contribution in [0, 0.1) is 13.8 Å². The quantitative estimate of drug-likeness (QED) is 0.709. The number of nitrogens with zero attached hydrogens (tertiary/aromatic N) is 4. The number of nitrogens with one attached hydrogen (secondary N) is 1. The fourth-order valence-electron chi connectivity index (χ4n) is 3.08. The van der Waals surface area contributed by atoms with Gasteiger partial charge in [-0.25, -0.2) is 4.79 Å². The van der Waals surface area contributed by atoms with Crippen molar-refractivity contribution in [1.29, 1.82) is 0 Å². The monoisotopic (exact) mass is 365 g/mol. The molecular formula is C18H15N5O4. The zero-order valence-corrected chi connectivity index (χ0v) is 14.8. The number of aromatic amines is 1. The lowest BCUT2D eigenvalue weighted by atomic mass is 10.1. The predicted octanol–water partition coefficient (Wildman–Crippen LogP) is 1.80. The molecule has 1 N–H and O–H groups in total. The molecule has 136 valence electrons. The van der Waals surface area contributed by atoms with Crippen LogP contribution in [0.4, 0.5) is 0 Å². The molecule has 9 nitrogen and oxygen atoms in total.